The molecule has 1 nitrogen and oxygen atoms in total. The first-order chi connectivity index (χ1) is 6.84. The average molecular weight is 185 g/mol. The number of hydrogen-bond donors (Lipinski definition) is 1. The van der Waals surface area contributed by atoms with E-state index in [1.165, 1.54) is 16.9 Å². The molecular formula is C13H15N. The zero-order valence-corrected chi connectivity index (χ0v) is 8.46. The van der Waals surface area contributed by atoms with Crippen LogP contribution >= 0.6 is 0 Å². The zero-order chi connectivity index (χ0) is 9.80. The van der Waals surface area contributed by atoms with Gasteiger partial charge in [0, 0.05) is 11.4 Å². The molecule has 0 fully saturated rings. The van der Waals surface area contributed by atoms with Gasteiger partial charge in [0.05, 0.1) is 0 Å². The highest BCUT2D eigenvalue weighted by Crippen LogP contribution is 2.16. The second kappa shape index (κ2) is 4.14. The van der Waals surface area contributed by atoms with E-state index in [1.807, 2.05) is 0 Å². The molecule has 0 unspecified atom stereocenters. The van der Waals surface area contributed by atoms with Crippen molar-refractivity contribution in [2.24, 2.45) is 0 Å². The van der Waals surface area contributed by atoms with Gasteiger partial charge in [-0.15, -0.1) is 0 Å². The molecule has 0 aromatic heterocycles. The summed E-state index contributed by atoms with van der Waals surface area (Å²) in [7, 11) is 0. The number of allylic oxidation sites excluding steroid dienone is 4. The fraction of sp³-hybridized carbons (Fsp3) is 0.231. The molecule has 1 aliphatic carbocycles. The molecule has 0 spiro atoms. The van der Waals surface area contributed by atoms with Gasteiger partial charge in [-0.2, -0.15) is 0 Å². The van der Waals surface area contributed by atoms with E-state index in [0.717, 1.165) is 12.8 Å². The van der Waals surface area contributed by atoms with E-state index in [0.29, 0.717) is 0 Å². The lowest BCUT2D eigenvalue weighted by atomic mass is 10.1. The second-order valence-electron chi connectivity index (χ2n) is 3.65. The third-order valence-corrected chi connectivity index (χ3v) is 2.37. The third kappa shape index (κ3) is 2.25. The lowest BCUT2D eigenvalue weighted by molar-refractivity contribution is 0.966. The van der Waals surface area contributed by atoms with Crippen molar-refractivity contribution in [2.45, 2.75) is 19.8 Å². The zero-order valence-electron chi connectivity index (χ0n) is 8.46. The number of benzene rings is 1. The summed E-state index contributed by atoms with van der Waals surface area (Å²) in [6.45, 7) is 2.10. The summed E-state index contributed by atoms with van der Waals surface area (Å²) in [4.78, 5) is 0. The van der Waals surface area contributed by atoms with Crippen LogP contribution < -0.4 is 5.32 Å². The number of nitrogens with one attached hydrogen (secondary N) is 1. The number of rotatable bonds is 2. The number of anilines is 1. The van der Waals surface area contributed by atoms with E-state index < -0.39 is 0 Å². The van der Waals surface area contributed by atoms with Crippen molar-refractivity contribution < 1.29 is 0 Å². The summed E-state index contributed by atoms with van der Waals surface area (Å²) in [6, 6.07) is 8.49. The first-order valence-electron chi connectivity index (χ1n) is 5.04. The highest BCUT2D eigenvalue weighted by Gasteiger charge is 1.99. The van der Waals surface area contributed by atoms with Crippen molar-refractivity contribution in [3.8, 4) is 0 Å². The third-order valence-electron chi connectivity index (χ3n) is 2.37. The molecule has 0 saturated carbocycles. The van der Waals surface area contributed by atoms with Crippen LogP contribution in [0.1, 0.15) is 18.4 Å². The molecule has 0 atom stereocenters. The Hall–Kier alpha value is -1.50. The lowest BCUT2D eigenvalue weighted by Crippen LogP contribution is -2.00. The van der Waals surface area contributed by atoms with Gasteiger partial charge >= 0.3 is 0 Å². The van der Waals surface area contributed by atoms with E-state index in [-0.39, 0.29) is 0 Å². The van der Waals surface area contributed by atoms with Gasteiger partial charge < -0.3 is 5.32 Å². The monoisotopic (exact) mass is 185 g/mol. The van der Waals surface area contributed by atoms with Crippen molar-refractivity contribution >= 4 is 5.69 Å². The summed E-state index contributed by atoms with van der Waals surface area (Å²) < 4.78 is 0. The maximum Gasteiger partial charge on any atom is 0.0381 e. The van der Waals surface area contributed by atoms with Crippen LogP contribution in [0.4, 0.5) is 5.69 Å². The van der Waals surface area contributed by atoms with Crippen molar-refractivity contribution in [3.63, 3.8) is 0 Å². The Morgan fingerprint density at radius 2 is 1.93 bits per heavy atom. The smallest absolute Gasteiger partial charge is 0.0381 e. The minimum Gasteiger partial charge on any atom is -0.359 e. The van der Waals surface area contributed by atoms with Crippen LogP contribution in [0, 0.1) is 6.92 Å². The van der Waals surface area contributed by atoms with Crippen molar-refractivity contribution in [1.29, 1.82) is 0 Å². The predicted octanol–water partition coefficient (Wildman–Crippen LogP) is 3.64. The highest BCUT2D eigenvalue weighted by molar-refractivity contribution is 5.50. The molecule has 1 aromatic carbocycles. The minimum atomic E-state index is 1.12. The van der Waals surface area contributed by atoms with Gasteiger partial charge in [-0.25, -0.2) is 0 Å². The lowest BCUT2D eigenvalue weighted by Gasteiger charge is -2.12. The topological polar surface area (TPSA) is 12.0 Å². The van der Waals surface area contributed by atoms with Crippen LogP contribution in [0.5, 0.6) is 0 Å². The summed E-state index contributed by atoms with van der Waals surface area (Å²) in [5, 5.41) is 3.42. The van der Waals surface area contributed by atoms with Crippen molar-refractivity contribution in [1.82, 2.24) is 0 Å². The van der Waals surface area contributed by atoms with Gasteiger partial charge in [-0.1, -0.05) is 29.8 Å². The normalized spacial score (nSPS) is 15.1. The van der Waals surface area contributed by atoms with Gasteiger partial charge in [-0.05, 0) is 38.0 Å². The molecule has 0 bridgehead atoms. The molecule has 2 rings (SSSR count). The summed E-state index contributed by atoms with van der Waals surface area (Å²) >= 11 is 0. The molecular weight excluding hydrogens is 170 g/mol. The van der Waals surface area contributed by atoms with E-state index in [4.69, 9.17) is 0 Å². The van der Waals surface area contributed by atoms with Gasteiger partial charge in [-0.3, -0.25) is 0 Å². The first-order valence-corrected chi connectivity index (χ1v) is 5.04. The molecule has 1 N–H and O–H groups in total. The molecule has 1 aromatic rings. The van der Waals surface area contributed by atoms with E-state index >= 15 is 0 Å². The Balaban J connectivity index is 2.07. The highest BCUT2D eigenvalue weighted by atomic mass is 14.9. The first kappa shape index (κ1) is 9.07. The van der Waals surface area contributed by atoms with E-state index in [1.54, 1.807) is 0 Å². The molecule has 0 heterocycles. The minimum absolute atomic E-state index is 1.12. The number of aryl methyl sites for hydroxylation is 1. The molecule has 0 radical (unpaired) electrons. The van der Waals surface area contributed by atoms with Crippen LogP contribution in [0.25, 0.3) is 0 Å². The summed E-state index contributed by atoms with van der Waals surface area (Å²) in [5.74, 6) is 0. The molecule has 14 heavy (non-hydrogen) atoms. The number of hydrogen-bond acceptors (Lipinski definition) is 1. The van der Waals surface area contributed by atoms with Crippen LogP contribution in [0.2, 0.25) is 0 Å². The van der Waals surface area contributed by atoms with Gasteiger partial charge in [0.1, 0.15) is 0 Å². The quantitative estimate of drug-likeness (QED) is 0.741. The SMILES string of the molecule is Cc1ccc(NC2=CC=CCC2)cc1. The summed E-state index contributed by atoms with van der Waals surface area (Å²) in [5.41, 5.74) is 3.78. The van der Waals surface area contributed by atoms with Crippen molar-refractivity contribution in [3.05, 3.63) is 53.8 Å². The van der Waals surface area contributed by atoms with Gasteiger partial charge in [0.25, 0.3) is 0 Å². The van der Waals surface area contributed by atoms with E-state index in [9.17, 15) is 0 Å². The van der Waals surface area contributed by atoms with Crippen LogP contribution in [-0.4, -0.2) is 0 Å². The standard InChI is InChI=1S/C13H15N/c1-11-7-9-13(10-8-11)14-12-5-3-2-4-6-12/h2-3,5,7-10,14H,4,6H2,1H3. The van der Waals surface area contributed by atoms with Gasteiger partial charge in [0.2, 0.25) is 0 Å². The Bertz CT molecular complexity index is 357. The fourth-order valence-electron chi connectivity index (χ4n) is 1.53. The Kier molecular flexibility index (Phi) is 2.68. The Labute approximate surface area is 85.2 Å². The Morgan fingerprint density at radius 1 is 1.14 bits per heavy atom. The molecule has 1 heteroatoms. The molecule has 0 saturated heterocycles. The molecule has 0 aliphatic heterocycles. The average Bonchev–Trinajstić information content (AvgIpc) is 2.23. The Morgan fingerprint density at radius 3 is 2.57 bits per heavy atom. The van der Waals surface area contributed by atoms with Crippen molar-refractivity contribution in [2.75, 3.05) is 5.32 Å². The van der Waals surface area contributed by atoms with Gasteiger partial charge in [0.15, 0.2) is 0 Å². The second-order valence-corrected chi connectivity index (χ2v) is 3.65. The van der Waals surface area contributed by atoms with Crippen LogP contribution in [-0.2, 0) is 0 Å². The molecule has 0 amide bonds. The molecule has 1 aliphatic rings. The molecule has 72 valence electrons. The predicted molar refractivity (Wildman–Crippen MR) is 61.3 cm³/mol. The van der Waals surface area contributed by atoms with Crippen LogP contribution in [0.3, 0.4) is 0 Å². The summed E-state index contributed by atoms with van der Waals surface area (Å²) in [6.07, 6.45) is 8.71. The van der Waals surface area contributed by atoms with E-state index in [2.05, 4.69) is 54.7 Å². The maximum absolute atomic E-state index is 3.42. The van der Waals surface area contributed by atoms with Crippen LogP contribution in [0.15, 0.2) is 48.2 Å². The largest absolute Gasteiger partial charge is 0.359 e. The fourth-order valence-corrected chi connectivity index (χ4v) is 1.53. The maximum atomic E-state index is 3.42.